The number of aromatic nitrogens is 3. The maximum absolute atomic E-state index is 5.92. The molecule has 0 aromatic carbocycles. The van der Waals surface area contributed by atoms with Crippen LogP contribution in [0, 0.1) is 0 Å². The maximum Gasteiger partial charge on any atom is 0.200 e. The van der Waals surface area contributed by atoms with E-state index in [0.29, 0.717) is 22.8 Å². The minimum atomic E-state index is 0.341. The molecule has 6 heteroatoms. The lowest BCUT2D eigenvalue weighted by molar-refractivity contribution is 0.210. The molecule has 1 aliphatic carbocycles. The molecule has 0 unspecified atom stereocenters. The molecular formula is C12H14N4OS. The summed E-state index contributed by atoms with van der Waals surface area (Å²) >= 11 is 1.17. The quantitative estimate of drug-likeness (QED) is 0.920. The Morgan fingerprint density at radius 2 is 2.17 bits per heavy atom. The first kappa shape index (κ1) is 11.4. The monoisotopic (exact) mass is 262 g/mol. The van der Waals surface area contributed by atoms with E-state index in [2.05, 4.69) is 14.3 Å². The number of ether oxygens (including phenoxy) is 1. The lowest BCUT2D eigenvalue weighted by atomic mass is 10.3. The highest BCUT2D eigenvalue weighted by Crippen LogP contribution is 2.26. The highest BCUT2D eigenvalue weighted by atomic mass is 32.1. The number of hydrogen-bond donors (Lipinski definition) is 1. The lowest BCUT2D eigenvalue weighted by Gasteiger charge is -2.12. The van der Waals surface area contributed by atoms with Crippen LogP contribution in [0.4, 0.5) is 5.13 Å². The highest BCUT2D eigenvalue weighted by Gasteiger charge is 2.17. The van der Waals surface area contributed by atoms with Crippen LogP contribution >= 0.6 is 11.5 Å². The smallest absolute Gasteiger partial charge is 0.200 e. The Morgan fingerprint density at radius 1 is 1.33 bits per heavy atom. The minimum Gasteiger partial charge on any atom is -0.490 e. The standard InChI is InChI=1S/C12H14N4OS/c13-12-15-11(16-18-12)10-7-9(5-6-14-10)17-8-3-1-2-4-8/h5-8H,1-4H2,(H2,13,15,16). The molecule has 2 heterocycles. The molecule has 0 radical (unpaired) electrons. The zero-order valence-corrected chi connectivity index (χ0v) is 10.7. The third kappa shape index (κ3) is 2.43. The molecule has 5 nitrogen and oxygen atoms in total. The molecule has 0 bridgehead atoms. The van der Waals surface area contributed by atoms with Crippen molar-refractivity contribution in [2.45, 2.75) is 31.8 Å². The first-order valence-corrected chi connectivity index (χ1v) is 6.81. The maximum atomic E-state index is 5.92. The van der Waals surface area contributed by atoms with Gasteiger partial charge in [-0.25, -0.2) is 0 Å². The summed E-state index contributed by atoms with van der Waals surface area (Å²) in [4.78, 5) is 8.36. The number of nitrogens with two attached hydrogens (primary N) is 1. The Bertz CT molecular complexity index is 536. The summed E-state index contributed by atoms with van der Waals surface area (Å²) in [6.07, 6.45) is 6.85. The second-order valence-corrected chi connectivity index (χ2v) is 5.14. The van der Waals surface area contributed by atoms with Gasteiger partial charge in [-0.1, -0.05) is 0 Å². The normalized spacial score (nSPS) is 16.0. The van der Waals surface area contributed by atoms with Crippen LogP contribution in [-0.4, -0.2) is 20.4 Å². The van der Waals surface area contributed by atoms with Crippen LogP contribution in [0.25, 0.3) is 11.5 Å². The van der Waals surface area contributed by atoms with Gasteiger partial charge >= 0.3 is 0 Å². The number of hydrogen-bond acceptors (Lipinski definition) is 6. The second-order valence-electron chi connectivity index (χ2n) is 4.36. The van der Waals surface area contributed by atoms with Crippen molar-refractivity contribution in [3.05, 3.63) is 18.3 Å². The molecular weight excluding hydrogens is 248 g/mol. The van der Waals surface area contributed by atoms with Gasteiger partial charge in [0.2, 0.25) is 0 Å². The second kappa shape index (κ2) is 4.89. The van der Waals surface area contributed by atoms with Crippen LogP contribution in [-0.2, 0) is 0 Å². The minimum absolute atomic E-state index is 0.341. The molecule has 0 saturated heterocycles. The third-order valence-corrected chi connectivity index (χ3v) is 3.55. The summed E-state index contributed by atoms with van der Waals surface area (Å²) in [5.74, 6) is 1.40. The number of nitrogens with zero attached hydrogens (tertiary/aromatic N) is 3. The van der Waals surface area contributed by atoms with Gasteiger partial charge in [0, 0.05) is 23.8 Å². The molecule has 1 fully saturated rings. The van der Waals surface area contributed by atoms with Gasteiger partial charge in [-0.3, -0.25) is 4.98 Å². The first-order chi connectivity index (χ1) is 8.81. The van der Waals surface area contributed by atoms with Crippen molar-refractivity contribution in [2.75, 3.05) is 5.73 Å². The van der Waals surface area contributed by atoms with Crippen LogP contribution in [0.15, 0.2) is 18.3 Å². The molecule has 0 amide bonds. The third-order valence-electron chi connectivity index (χ3n) is 3.01. The van der Waals surface area contributed by atoms with Gasteiger partial charge in [-0.15, -0.1) is 0 Å². The summed E-state index contributed by atoms with van der Waals surface area (Å²) in [5, 5.41) is 0.453. The van der Waals surface area contributed by atoms with Crippen LogP contribution in [0.3, 0.4) is 0 Å². The molecule has 0 spiro atoms. The Labute approximate surface area is 109 Å². The van der Waals surface area contributed by atoms with E-state index in [4.69, 9.17) is 10.5 Å². The molecule has 1 aliphatic rings. The van der Waals surface area contributed by atoms with Crippen molar-refractivity contribution in [3.8, 4) is 17.3 Å². The fourth-order valence-electron chi connectivity index (χ4n) is 2.14. The van der Waals surface area contributed by atoms with Crippen molar-refractivity contribution in [2.24, 2.45) is 0 Å². The Hall–Kier alpha value is -1.69. The van der Waals surface area contributed by atoms with Crippen LogP contribution < -0.4 is 10.5 Å². The summed E-state index contributed by atoms with van der Waals surface area (Å²) in [6, 6.07) is 3.75. The molecule has 2 aromatic rings. The average Bonchev–Trinajstić information content (AvgIpc) is 3.01. The van der Waals surface area contributed by atoms with E-state index < -0.39 is 0 Å². The van der Waals surface area contributed by atoms with E-state index in [1.165, 1.54) is 24.4 Å². The fourth-order valence-corrected chi connectivity index (χ4v) is 2.59. The molecule has 2 N–H and O–H groups in total. The van der Waals surface area contributed by atoms with Crippen molar-refractivity contribution < 1.29 is 4.74 Å². The SMILES string of the molecule is Nc1nc(-c2cc(OC3CCCC3)ccn2)ns1. The van der Waals surface area contributed by atoms with E-state index in [9.17, 15) is 0 Å². The average molecular weight is 262 g/mol. The van der Waals surface area contributed by atoms with Crippen molar-refractivity contribution in [1.82, 2.24) is 14.3 Å². The highest BCUT2D eigenvalue weighted by molar-refractivity contribution is 7.09. The van der Waals surface area contributed by atoms with E-state index in [-0.39, 0.29) is 0 Å². The van der Waals surface area contributed by atoms with E-state index in [0.717, 1.165) is 18.6 Å². The molecule has 1 saturated carbocycles. The lowest BCUT2D eigenvalue weighted by Crippen LogP contribution is -2.10. The Morgan fingerprint density at radius 3 is 2.89 bits per heavy atom. The predicted octanol–water partition coefficient (Wildman–Crippen LogP) is 2.50. The zero-order chi connectivity index (χ0) is 12.4. The largest absolute Gasteiger partial charge is 0.490 e. The number of rotatable bonds is 3. The molecule has 0 atom stereocenters. The molecule has 2 aromatic heterocycles. The van der Waals surface area contributed by atoms with Crippen LogP contribution in [0.2, 0.25) is 0 Å². The fraction of sp³-hybridized carbons (Fsp3) is 0.417. The van der Waals surface area contributed by atoms with Gasteiger partial charge in [0.15, 0.2) is 11.0 Å². The van der Waals surface area contributed by atoms with Gasteiger partial charge in [0.1, 0.15) is 11.4 Å². The molecule has 94 valence electrons. The van der Waals surface area contributed by atoms with Gasteiger partial charge in [0.05, 0.1) is 6.10 Å². The van der Waals surface area contributed by atoms with Gasteiger partial charge < -0.3 is 10.5 Å². The van der Waals surface area contributed by atoms with Crippen LogP contribution in [0.5, 0.6) is 5.75 Å². The van der Waals surface area contributed by atoms with Crippen molar-refractivity contribution >= 4 is 16.7 Å². The Kier molecular flexibility index (Phi) is 3.10. The number of pyridine rings is 1. The Balaban J connectivity index is 1.80. The summed E-state index contributed by atoms with van der Waals surface area (Å²) < 4.78 is 10.1. The van der Waals surface area contributed by atoms with Crippen molar-refractivity contribution in [1.29, 1.82) is 0 Å². The molecule has 3 rings (SSSR count). The number of nitrogen functional groups attached to an aromatic ring is 1. The summed E-state index contributed by atoms with van der Waals surface area (Å²) in [6.45, 7) is 0. The van der Waals surface area contributed by atoms with Gasteiger partial charge in [0.25, 0.3) is 0 Å². The predicted molar refractivity (Wildman–Crippen MR) is 70.4 cm³/mol. The van der Waals surface area contributed by atoms with Crippen molar-refractivity contribution in [3.63, 3.8) is 0 Å². The zero-order valence-electron chi connectivity index (χ0n) is 9.87. The van der Waals surface area contributed by atoms with Crippen LogP contribution in [0.1, 0.15) is 25.7 Å². The van der Waals surface area contributed by atoms with E-state index in [1.807, 2.05) is 12.1 Å². The molecule has 0 aliphatic heterocycles. The van der Waals surface area contributed by atoms with E-state index in [1.54, 1.807) is 6.20 Å². The first-order valence-electron chi connectivity index (χ1n) is 6.03. The summed E-state index contributed by atoms with van der Waals surface area (Å²) in [7, 11) is 0. The number of anilines is 1. The van der Waals surface area contributed by atoms with Gasteiger partial charge in [-0.2, -0.15) is 9.36 Å². The summed E-state index contributed by atoms with van der Waals surface area (Å²) in [5.41, 5.74) is 6.28. The van der Waals surface area contributed by atoms with E-state index >= 15 is 0 Å². The van der Waals surface area contributed by atoms with Gasteiger partial charge in [-0.05, 0) is 31.7 Å². The molecule has 18 heavy (non-hydrogen) atoms. The topological polar surface area (TPSA) is 73.9 Å².